The zero-order valence-electron chi connectivity index (χ0n) is 11.2. The first-order valence-corrected chi connectivity index (χ1v) is 6.20. The minimum atomic E-state index is -0.0932. The van der Waals surface area contributed by atoms with Crippen molar-refractivity contribution in [1.82, 2.24) is 10.2 Å². The first kappa shape index (κ1) is 16.7. The molecule has 1 unspecified atom stereocenters. The van der Waals surface area contributed by atoms with Gasteiger partial charge in [0.05, 0.1) is 6.54 Å². The molecule has 1 saturated heterocycles. The summed E-state index contributed by atoms with van der Waals surface area (Å²) >= 11 is 0. The Kier molecular flexibility index (Phi) is 7.05. The third kappa shape index (κ3) is 5.70. The lowest BCUT2D eigenvalue weighted by Gasteiger charge is -2.26. The number of carbonyl (C=O) groups is 1. The van der Waals surface area contributed by atoms with Crippen molar-refractivity contribution in [3.05, 3.63) is 0 Å². The Morgan fingerprint density at radius 1 is 1.53 bits per heavy atom. The van der Waals surface area contributed by atoms with Gasteiger partial charge in [-0.2, -0.15) is 0 Å². The molecule has 0 bridgehead atoms. The van der Waals surface area contributed by atoms with E-state index in [-0.39, 0.29) is 23.9 Å². The number of hydrogen-bond donors (Lipinski definition) is 2. The van der Waals surface area contributed by atoms with Crippen LogP contribution < -0.4 is 11.1 Å². The van der Waals surface area contributed by atoms with Gasteiger partial charge in [0.15, 0.2) is 0 Å². The normalized spacial score (nSPS) is 21.1. The van der Waals surface area contributed by atoms with Gasteiger partial charge in [-0.3, -0.25) is 9.69 Å². The smallest absolute Gasteiger partial charge is 0.234 e. The highest BCUT2D eigenvalue weighted by Gasteiger charge is 2.24. The molecule has 1 rings (SSSR count). The van der Waals surface area contributed by atoms with Crippen molar-refractivity contribution in [3.63, 3.8) is 0 Å². The van der Waals surface area contributed by atoms with E-state index in [1.54, 1.807) is 0 Å². The molecule has 0 radical (unpaired) electrons. The Bertz CT molecular complexity index is 246. The van der Waals surface area contributed by atoms with Gasteiger partial charge in [-0.05, 0) is 45.7 Å². The predicted molar refractivity (Wildman–Crippen MR) is 73.4 cm³/mol. The molecule has 0 aromatic rings. The number of halogens is 1. The summed E-state index contributed by atoms with van der Waals surface area (Å²) in [5.74, 6) is 0.705. The van der Waals surface area contributed by atoms with E-state index in [1.807, 2.05) is 0 Å². The van der Waals surface area contributed by atoms with Crippen molar-refractivity contribution in [2.45, 2.75) is 39.2 Å². The molecule has 1 fully saturated rings. The molecule has 1 atom stereocenters. The number of nitrogens with zero attached hydrogens (tertiary/aromatic N) is 1. The number of nitrogens with two attached hydrogens (primary N) is 1. The Morgan fingerprint density at radius 2 is 2.18 bits per heavy atom. The Balaban J connectivity index is 0.00000256. The average Bonchev–Trinajstić information content (AvgIpc) is 2.64. The number of rotatable bonds is 5. The highest BCUT2D eigenvalue weighted by molar-refractivity contribution is 5.85. The molecular weight excluding hydrogens is 238 g/mol. The molecule has 17 heavy (non-hydrogen) atoms. The van der Waals surface area contributed by atoms with E-state index >= 15 is 0 Å². The fourth-order valence-electron chi connectivity index (χ4n) is 1.96. The Morgan fingerprint density at radius 3 is 2.65 bits per heavy atom. The second-order valence-electron chi connectivity index (χ2n) is 5.41. The molecule has 0 aromatic carbocycles. The first-order valence-electron chi connectivity index (χ1n) is 6.20. The van der Waals surface area contributed by atoms with Crippen LogP contribution in [0.3, 0.4) is 0 Å². The highest BCUT2D eigenvalue weighted by atomic mass is 35.5. The second kappa shape index (κ2) is 7.19. The molecule has 1 heterocycles. The molecule has 0 aliphatic carbocycles. The number of carbonyl (C=O) groups excluding carboxylic acids is 1. The molecule has 0 saturated carbocycles. The van der Waals surface area contributed by atoms with Crippen molar-refractivity contribution < 1.29 is 4.79 Å². The largest absolute Gasteiger partial charge is 0.350 e. The number of likely N-dealkylation sites (tertiary alicyclic amines) is 1. The van der Waals surface area contributed by atoms with E-state index in [2.05, 4.69) is 31.0 Å². The molecular formula is C12H26ClN3O. The van der Waals surface area contributed by atoms with Crippen LogP contribution in [0.5, 0.6) is 0 Å². The first-order chi connectivity index (χ1) is 7.46. The average molecular weight is 264 g/mol. The molecule has 0 aromatic heterocycles. The molecule has 1 aliphatic rings. The zero-order valence-corrected chi connectivity index (χ0v) is 12.0. The van der Waals surface area contributed by atoms with E-state index in [9.17, 15) is 4.79 Å². The van der Waals surface area contributed by atoms with Gasteiger partial charge in [-0.15, -0.1) is 12.4 Å². The summed E-state index contributed by atoms with van der Waals surface area (Å²) in [6.45, 7) is 9.41. The predicted octanol–water partition coefficient (Wildman–Crippen LogP) is 0.994. The minimum absolute atomic E-state index is 0. The van der Waals surface area contributed by atoms with Crippen LogP contribution in [-0.2, 0) is 4.79 Å². The van der Waals surface area contributed by atoms with Crippen LogP contribution in [0.25, 0.3) is 0 Å². The van der Waals surface area contributed by atoms with Crippen molar-refractivity contribution in [2.24, 2.45) is 11.7 Å². The molecule has 3 N–H and O–H groups in total. The SMILES string of the molecule is CCC(C)(C)NC(=O)CN1CCC(CN)C1.Cl. The summed E-state index contributed by atoms with van der Waals surface area (Å²) in [5.41, 5.74) is 5.53. The molecule has 102 valence electrons. The van der Waals surface area contributed by atoms with Crippen molar-refractivity contribution >= 4 is 18.3 Å². The van der Waals surface area contributed by atoms with Crippen LogP contribution >= 0.6 is 12.4 Å². The topological polar surface area (TPSA) is 58.4 Å². The molecule has 1 amide bonds. The molecule has 4 nitrogen and oxygen atoms in total. The highest BCUT2D eigenvalue weighted by Crippen LogP contribution is 2.14. The fourth-order valence-corrected chi connectivity index (χ4v) is 1.96. The van der Waals surface area contributed by atoms with Gasteiger partial charge in [0, 0.05) is 12.1 Å². The molecule has 1 aliphatic heterocycles. The van der Waals surface area contributed by atoms with Crippen LogP contribution in [0, 0.1) is 5.92 Å². The maximum atomic E-state index is 11.8. The lowest BCUT2D eigenvalue weighted by molar-refractivity contribution is -0.123. The van der Waals surface area contributed by atoms with Crippen LogP contribution in [0.4, 0.5) is 0 Å². The summed E-state index contributed by atoms with van der Waals surface area (Å²) in [7, 11) is 0. The molecule has 0 spiro atoms. The lowest BCUT2D eigenvalue weighted by Crippen LogP contribution is -2.47. The van der Waals surface area contributed by atoms with Crippen LogP contribution in [0.1, 0.15) is 33.6 Å². The summed E-state index contributed by atoms with van der Waals surface area (Å²) in [5, 5.41) is 3.05. The van der Waals surface area contributed by atoms with E-state index < -0.39 is 0 Å². The standard InChI is InChI=1S/C12H25N3O.ClH/c1-4-12(2,3)14-11(16)9-15-6-5-10(7-13)8-15;/h10H,4-9,13H2,1-3H3,(H,14,16);1H. The van der Waals surface area contributed by atoms with E-state index in [4.69, 9.17) is 5.73 Å². The maximum absolute atomic E-state index is 11.8. The van der Waals surface area contributed by atoms with Gasteiger partial charge < -0.3 is 11.1 Å². The Hall–Kier alpha value is -0.320. The van der Waals surface area contributed by atoms with Crippen molar-refractivity contribution in [3.8, 4) is 0 Å². The fraction of sp³-hybridized carbons (Fsp3) is 0.917. The summed E-state index contributed by atoms with van der Waals surface area (Å²) in [4.78, 5) is 14.0. The van der Waals surface area contributed by atoms with Gasteiger partial charge in [0.25, 0.3) is 0 Å². The summed E-state index contributed by atoms with van der Waals surface area (Å²) < 4.78 is 0. The van der Waals surface area contributed by atoms with Crippen molar-refractivity contribution in [2.75, 3.05) is 26.2 Å². The number of amides is 1. The van der Waals surface area contributed by atoms with E-state index in [0.29, 0.717) is 12.5 Å². The van der Waals surface area contributed by atoms with Gasteiger partial charge in [-0.25, -0.2) is 0 Å². The van der Waals surface area contributed by atoms with Crippen LogP contribution in [-0.4, -0.2) is 42.5 Å². The minimum Gasteiger partial charge on any atom is -0.350 e. The summed E-state index contributed by atoms with van der Waals surface area (Å²) in [6.07, 6.45) is 2.07. The quantitative estimate of drug-likeness (QED) is 0.778. The third-order valence-corrected chi connectivity index (χ3v) is 3.43. The van der Waals surface area contributed by atoms with E-state index in [0.717, 1.165) is 32.5 Å². The van der Waals surface area contributed by atoms with Gasteiger partial charge in [0.2, 0.25) is 5.91 Å². The van der Waals surface area contributed by atoms with Gasteiger partial charge in [-0.1, -0.05) is 6.92 Å². The van der Waals surface area contributed by atoms with Crippen LogP contribution in [0.15, 0.2) is 0 Å². The number of hydrogen-bond acceptors (Lipinski definition) is 3. The van der Waals surface area contributed by atoms with Gasteiger partial charge >= 0.3 is 0 Å². The number of nitrogens with one attached hydrogen (secondary N) is 1. The third-order valence-electron chi connectivity index (χ3n) is 3.43. The van der Waals surface area contributed by atoms with E-state index in [1.165, 1.54) is 0 Å². The van der Waals surface area contributed by atoms with Crippen LogP contribution in [0.2, 0.25) is 0 Å². The van der Waals surface area contributed by atoms with Gasteiger partial charge in [0.1, 0.15) is 0 Å². The zero-order chi connectivity index (χ0) is 12.2. The monoisotopic (exact) mass is 263 g/mol. The maximum Gasteiger partial charge on any atom is 0.234 e. The molecule has 5 heteroatoms. The lowest BCUT2D eigenvalue weighted by atomic mass is 10.0. The second-order valence-corrected chi connectivity index (χ2v) is 5.41. The van der Waals surface area contributed by atoms with Crippen molar-refractivity contribution in [1.29, 1.82) is 0 Å². The summed E-state index contributed by atoms with van der Waals surface area (Å²) in [6, 6.07) is 0. The Labute approximate surface area is 111 Å².